The molecule has 0 aliphatic carbocycles. The van der Waals surface area contributed by atoms with E-state index < -0.39 is 9.84 Å². The van der Waals surface area contributed by atoms with Crippen LogP contribution in [-0.2, 0) is 16.3 Å². The maximum Gasteiger partial charge on any atom is 0.175 e. The Bertz CT molecular complexity index is 452. The van der Waals surface area contributed by atoms with Crippen LogP contribution < -0.4 is 5.73 Å². The first-order valence-electron chi connectivity index (χ1n) is 5.45. The van der Waals surface area contributed by atoms with Gasteiger partial charge in [0, 0.05) is 6.26 Å². The van der Waals surface area contributed by atoms with E-state index in [4.69, 9.17) is 5.73 Å². The van der Waals surface area contributed by atoms with Crippen molar-refractivity contribution in [2.24, 2.45) is 5.73 Å². The Kier molecular flexibility index (Phi) is 4.50. The second-order valence-corrected chi connectivity index (χ2v) is 6.12. The van der Waals surface area contributed by atoms with Gasteiger partial charge in [0.05, 0.1) is 4.90 Å². The van der Waals surface area contributed by atoms with E-state index in [1.54, 1.807) is 12.1 Å². The van der Waals surface area contributed by atoms with Crippen LogP contribution in [0.5, 0.6) is 0 Å². The molecular formula is C12H19NO2S. The number of benzene rings is 1. The third-order valence-corrected chi connectivity index (χ3v) is 3.75. The molecule has 1 aromatic rings. The molecule has 2 N–H and O–H groups in total. The summed E-state index contributed by atoms with van der Waals surface area (Å²) in [6.45, 7) is 2.66. The third-order valence-electron chi connectivity index (χ3n) is 2.64. The Hall–Kier alpha value is -0.870. The predicted molar refractivity (Wildman–Crippen MR) is 66.3 cm³/mol. The Morgan fingerprint density at radius 1 is 1.25 bits per heavy atom. The quantitative estimate of drug-likeness (QED) is 0.798. The van der Waals surface area contributed by atoms with Crippen molar-refractivity contribution in [3.8, 4) is 0 Å². The van der Waals surface area contributed by atoms with E-state index in [0.717, 1.165) is 24.8 Å². The molecule has 1 aromatic carbocycles. The van der Waals surface area contributed by atoms with E-state index in [9.17, 15) is 8.42 Å². The van der Waals surface area contributed by atoms with Crippen molar-refractivity contribution in [2.45, 2.75) is 31.1 Å². The largest absolute Gasteiger partial charge is 0.330 e. The Morgan fingerprint density at radius 3 is 2.44 bits per heavy atom. The number of hydrogen-bond donors (Lipinski definition) is 1. The van der Waals surface area contributed by atoms with Crippen molar-refractivity contribution >= 4 is 9.84 Å². The molecule has 0 saturated heterocycles. The summed E-state index contributed by atoms with van der Waals surface area (Å²) in [5.74, 6) is 0. The van der Waals surface area contributed by atoms with Gasteiger partial charge >= 0.3 is 0 Å². The Labute approximate surface area is 97.6 Å². The molecule has 0 unspecified atom stereocenters. The zero-order valence-corrected chi connectivity index (χ0v) is 10.7. The lowest BCUT2D eigenvalue weighted by molar-refractivity contribution is 0.601. The predicted octanol–water partition coefficient (Wildman–Crippen LogP) is 1.68. The molecule has 0 aliphatic heterocycles. The molecule has 0 saturated carbocycles. The fourth-order valence-electron chi connectivity index (χ4n) is 1.64. The smallest absolute Gasteiger partial charge is 0.175 e. The van der Waals surface area contributed by atoms with Crippen LogP contribution in [0.3, 0.4) is 0 Å². The van der Waals surface area contributed by atoms with Gasteiger partial charge in [0.1, 0.15) is 0 Å². The average molecular weight is 241 g/mol. The molecule has 16 heavy (non-hydrogen) atoms. The SMILES string of the molecule is Cc1cc(S(C)(=O)=O)ccc1CCCCN. The first-order valence-corrected chi connectivity index (χ1v) is 7.34. The average Bonchev–Trinajstić information content (AvgIpc) is 2.19. The number of rotatable bonds is 5. The zero-order chi connectivity index (χ0) is 12.2. The molecule has 3 nitrogen and oxygen atoms in total. The summed E-state index contributed by atoms with van der Waals surface area (Å²) in [6, 6.07) is 5.33. The van der Waals surface area contributed by atoms with Crippen LogP contribution >= 0.6 is 0 Å². The maximum absolute atomic E-state index is 11.3. The minimum Gasteiger partial charge on any atom is -0.330 e. The molecule has 0 bridgehead atoms. The lowest BCUT2D eigenvalue weighted by Crippen LogP contribution is -2.01. The van der Waals surface area contributed by atoms with Crippen LogP contribution in [-0.4, -0.2) is 21.2 Å². The minimum atomic E-state index is -3.09. The second kappa shape index (κ2) is 5.46. The fourth-order valence-corrected chi connectivity index (χ4v) is 2.35. The van der Waals surface area contributed by atoms with Crippen molar-refractivity contribution in [1.29, 1.82) is 0 Å². The number of hydrogen-bond acceptors (Lipinski definition) is 3. The van der Waals surface area contributed by atoms with Crippen molar-refractivity contribution in [3.05, 3.63) is 29.3 Å². The first-order chi connectivity index (χ1) is 7.45. The van der Waals surface area contributed by atoms with Crippen LogP contribution in [0.15, 0.2) is 23.1 Å². The molecule has 1 rings (SSSR count). The second-order valence-electron chi connectivity index (χ2n) is 4.11. The summed E-state index contributed by atoms with van der Waals surface area (Å²) in [5, 5.41) is 0. The molecule has 0 heterocycles. The number of nitrogens with two attached hydrogens (primary N) is 1. The van der Waals surface area contributed by atoms with E-state index in [0.29, 0.717) is 11.4 Å². The van der Waals surface area contributed by atoms with Gasteiger partial charge in [0.25, 0.3) is 0 Å². The van der Waals surface area contributed by atoms with E-state index in [1.807, 2.05) is 13.0 Å². The standard InChI is InChI=1S/C12H19NO2S/c1-10-9-12(16(2,14)15)7-6-11(10)5-3-4-8-13/h6-7,9H,3-5,8,13H2,1-2H3. The van der Waals surface area contributed by atoms with Crippen molar-refractivity contribution in [2.75, 3.05) is 12.8 Å². The molecule has 0 atom stereocenters. The minimum absolute atomic E-state index is 0.396. The van der Waals surface area contributed by atoms with Gasteiger partial charge in [-0.2, -0.15) is 0 Å². The van der Waals surface area contributed by atoms with E-state index in [2.05, 4.69) is 0 Å². The summed E-state index contributed by atoms with van der Waals surface area (Å²) in [4.78, 5) is 0.396. The van der Waals surface area contributed by atoms with Gasteiger partial charge in [0.2, 0.25) is 0 Å². The highest BCUT2D eigenvalue weighted by Crippen LogP contribution is 2.17. The van der Waals surface area contributed by atoms with E-state index in [1.165, 1.54) is 11.8 Å². The summed E-state index contributed by atoms with van der Waals surface area (Å²) >= 11 is 0. The number of unbranched alkanes of at least 4 members (excludes halogenated alkanes) is 1. The van der Waals surface area contributed by atoms with Crippen LogP contribution in [0.4, 0.5) is 0 Å². The molecule has 0 amide bonds. The van der Waals surface area contributed by atoms with Gasteiger partial charge in [-0.3, -0.25) is 0 Å². The van der Waals surface area contributed by atoms with Crippen LogP contribution in [0.1, 0.15) is 24.0 Å². The lowest BCUT2D eigenvalue weighted by atomic mass is 10.0. The van der Waals surface area contributed by atoms with Crippen LogP contribution in [0.25, 0.3) is 0 Å². The van der Waals surface area contributed by atoms with Gasteiger partial charge in [-0.25, -0.2) is 8.42 Å². The summed E-state index contributed by atoms with van der Waals surface area (Å²) in [7, 11) is -3.09. The van der Waals surface area contributed by atoms with Gasteiger partial charge in [-0.1, -0.05) is 6.07 Å². The highest BCUT2D eigenvalue weighted by atomic mass is 32.2. The van der Waals surface area contributed by atoms with Gasteiger partial charge in [-0.05, 0) is 56.0 Å². The van der Waals surface area contributed by atoms with Crippen molar-refractivity contribution in [1.82, 2.24) is 0 Å². The highest BCUT2D eigenvalue weighted by molar-refractivity contribution is 7.90. The monoisotopic (exact) mass is 241 g/mol. The van der Waals surface area contributed by atoms with Crippen LogP contribution in [0, 0.1) is 6.92 Å². The van der Waals surface area contributed by atoms with E-state index >= 15 is 0 Å². The molecule has 90 valence electrons. The number of aryl methyl sites for hydroxylation is 2. The topological polar surface area (TPSA) is 60.2 Å². The Morgan fingerprint density at radius 2 is 1.94 bits per heavy atom. The third kappa shape index (κ3) is 3.61. The highest BCUT2D eigenvalue weighted by Gasteiger charge is 2.08. The summed E-state index contributed by atoms with van der Waals surface area (Å²) < 4.78 is 22.7. The van der Waals surface area contributed by atoms with Gasteiger partial charge in [-0.15, -0.1) is 0 Å². The van der Waals surface area contributed by atoms with Crippen molar-refractivity contribution in [3.63, 3.8) is 0 Å². The van der Waals surface area contributed by atoms with E-state index in [-0.39, 0.29) is 0 Å². The summed E-state index contributed by atoms with van der Waals surface area (Å²) in [6.07, 6.45) is 4.26. The zero-order valence-electron chi connectivity index (χ0n) is 9.86. The lowest BCUT2D eigenvalue weighted by Gasteiger charge is -2.07. The molecule has 4 heteroatoms. The fraction of sp³-hybridized carbons (Fsp3) is 0.500. The molecule has 0 radical (unpaired) electrons. The Balaban J connectivity index is 2.84. The maximum atomic E-state index is 11.3. The van der Waals surface area contributed by atoms with Gasteiger partial charge < -0.3 is 5.73 Å². The van der Waals surface area contributed by atoms with Crippen molar-refractivity contribution < 1.29 is 8.42 Å². The summed E-state index contributed by atoms with van der Waals surface area (Å²) in [5.41, 5.74) is 7.68. The normalized spacial score (nSPS) is 11.7. The molecule has 0 aliphatic rings. The molecular weight excluding hydrogens is 222 g/mol. The first kappa shape index (κ1) is 13.2. The van der Waals surface area contributed by atoms with Crippen LogP contribution in [0.2, 0.25) is 0 Å². The van der Waals surface area contributed by atoms with Gasteiger partial charge in [0.15, 0.2) is 9.84 Å². The molecule has 0 aromatic heterocycles. The molecule has 0 fully saturated rings. The molecule has 0 spiro atoms. The number of sulfone groups is 1.